The van der Waals surface area contributed by atoms with Gasteiger partial charge in [-0.15, -0.1) is 0 Å². The van der Waals surface area contributed by atoms with Crippen molar-refractivity contribution in [1.82, 2.24) is 9.80 Å². The molecular formula is C19H31F3N2O4. The molecule has 2 aliphatic heterocycles. The topological polar surface area (TPSA) is 59.1 Å². The van der Waals surface area contributed by atoms with E-state index in [2.05, 4.69) is 0 Å². The van der Waals surface area contributed by atoms with Gasteiger partial charge in [0.1, 0.15) is 11.2 Å². The molecular weight excluding hydrogens is 377 g/mol. The maximum atomic E-state index is 15.0. The van der Waals surface area contributed by atoms with Crippen molar-refractivity contribution in [3.8, 4) is 0 Å². The molecule has 162 valence electrons. The van der Waals surface area contributed by atoms with Gasteiger partial charge < -0.3 is 9.47 Å². The molecule has 0 bridgehead atoms. The number of nitrogens with zero attached hydrogens (tertiary/aromatic N) is 2. The summed E-state index contributed by atoms with van der Waals surface area (Å²) in [7, 11) is 0. The van der Waals surface area contributed by atoms with Crippen molar-refractivity contribution in [2.45, 2.75) is 89.8 Å². The molecule has 0 aliphatic carbocycles. The van der Waals surface area contributed by atoms with Crippen LogP contribution in [0.5, 0.6) is 0 Å². The van der Waals surface area contributed by atoms with Crippen LogP contribution in [0.25, 0.3) is 0 Å². The summed E-state index contributed by atoms with van der Waals surface area (Å²) in [5.41, 5.74) is -4.14. The van der Waals surface area contributed by atoms with Crippen molar-refractivity contribution >= 4 is 12.1 Å². The molecule has 2 rings (SSSR count). The minimum absolute atomic E-state index is 0.145. The zero-order valence-electron chi connectivity index (χ0n) is 17.6. The molecule has 0 radical (unpaired) electrons. The predicted molar refractivity (Wildman–Crippen MR) is 97.0 cm³/mol. The maximum Gasteiger partial charge on any atom is 0.410 e. The fourth-order valence-corrected chi connectivity index (χ4v) is 3.68. The Hall–Kier alpha value is -1.51. The molecule has 0 aromatic rings. The Morgan fingerprint density at radius 3 is 2.07 bits per heavy atom. The molecule has 3 atom stereocenters. The van der Waals surface area contributed by atoms with Gasteiger partial charge in [0.25, 0.3) is 5.92 Å². The fourth-order valence-electron chi connectivity index (χ4n) is 3.68. The SMILES string of the molecule is CC(C)(C)OC(=O)N1CC(F)(F)[C@H]2[C@@H]1CCN2CC(C)(F)C(=O)OC(C)(C)C. The van der Waals surface area contributed by atoms with Crippen molar-refractivity contribution < 1.29 is 32.2 Å². The minimum atomic E-state index is -3.23. The van der Waals surface area contributed by atoms with E-state index in [1.54, 1.807) is 41.5 Å². The first-order chi connectivity index (χ1) is 12.4. The summed E-state index contributed by atoms with van der Waals surface area (Å²) in [6.45, 7) is 9.67. The van der Waals surface area contributed by atoms with E-state index in [1.165, 1.54) is 4.90 Å². The molecule has 9 heteroatoms. The van der Waals surface area contributed by atoms with E-state index in [1.807, 2.05) is 0 Å². The van der Waals surface area contributed by atoms with Crippen molar-refractivity contribution in [2.24, 2.45) is 0 Å². The first-order valence-electron chi connectivity index (χ1n) is 9.47. The quantitative estimate of drug-likeness (QED) is 0.670. The minimum Gasteiger partial charge on any atom is -0.458 e. The van der Waals surface area contributed by atoms with Gasteiger partial charge in [0, 0.05) is 13.1 Å². The van der Waals surface area contributed by atoms with Gasteiger partial charge in [-0.25, -0.2) is 22.8 Å². The second-order valence-electron chi connectivity index (χ2n) is 9.84. The maximum absolute atomic E-state index is 15.0. The highest BCUT2D eigenvalue weighted by Crippen LogP contribution is 2.42. The smallest absolute Gasteiger partial charge is 0.410 e. The van der Waals surface area contributed by atoms with Crippen molar-refractivity contribution in [3.63, 3.8) is 0 Å². The van der Waals surface area contributed by atoms with E-state index in [9.17, 15) is 22.8 Å². The Bertz CT molecular complexity index is 626. The molecule has 0 spiro atoms. The lowest BCUT2D eigenvalue weighted by Crippen LogP contribution is -2.52. The van der Waals surface area contributed by atoms with Gasteiger partial charge in [-0.05, 0) is 54.9 Å². The third-order valence-electron chi connectivity index (χ3n) is 4.64. The van der Waals surface area contributed by atoms with Crippen LogP contribution in [0, 0.1) is 0 Å². The molecule has 28 heavy (non-hydrogen) atoms. The summed E-state index contributed by atoms with van der Waals surface area (Å²) in [6.07, 6.45) is -0.555. The molecule has 0 aromatic heterocycles. The Balaban J connectivity index is 2.14. The van der Waals surface area contributed by atoms with Crippen molar-refractivity contribution in [3.05, 3.63) is 0 Å². The number of hydrogen-bond acceptors (Lipinski definition) is 5. The molecule has 2 heterocycles. The van der Waals surface area contributed by atoms with Crippen LogP contribution in [0.4, 0.5) is 18.0 Å². The number of amides is 1. The summed E-state index contributed by atoms with van der Waals surface area (Å²) in [5, 5.41) is 0. The van der Waals surface area contributed by atoms with Gasteiger partial charge >= 0.3 is 12.1 Å². The monoisotopic (exact) mass is 408 g/mol. The molecule has 0 saturated carbocycles. The van der Waals surface area contributed by atoms with Crippen LogP contribution in [-0.2, 0) is 14.3 Å². The number of halogens is 3. The number of carbonyl (C=O) groups excluding carboxylic acids is 2. The number of likely N-dealkylation sites (tertiary alicyclic amines) is 2. The zero-order valence-corrected chi connectivity index (χ0v) is 17.6. The fraction of sp³-hybridized carbons (Fsp3) is 0.895. The number of fused-ring (bicyclic) bond motifs is 1. The van der Waals surface area contributed by atoms with Crippen molar-refractivity contribution in [1.29, 1.82) is 0 Å². The van der Waals surface area contributed by atoms with E-state index in [0.717, 1.165) is 11.8 Å². The van der Waals surface area contributed by atoms with Gasteiger partial charge in [-0.2, -0.15) is 0 Å². The number of ether oxygens (including phenoxy) is 2. The van der Waals surface area contributed by atoms with E-state index in [4.69, 9.17) is 9.47 Å². The van der Waals surface area contributed by atoms with E-state index >= 15 is 0 Å². The van der Waals surface area contributed by atoms with Gasteiger partial charge in [0.2, 0.25) is 5.67 Å². The Morgan fingerprint density at radius 2 is 1.57 bits per heavy atom. The third-order valence-corrected chi connectivity index (χ3v) is 4.64. The van der Waals surface area contributed by atoms with E-state index in [0.29, 0.717) is 0 Å². The molecule has 1 amide bonds. The average molecular weight is 408 g/mol. The molecule has 2 saturated heterocycles. The van der Waals surface area contributed by atoms with Crippen LogP contribution in [-0.4, -0.2) is 76.4 Å². The summed E-state index contributed by atoms with van der Waals surface area (Å²) in [4.78, 5) is 26.8. The van der Waals surface area contributed by atoms with Gasteiger partial charge in [-0.1, -0.05) is 0 Å². The third kappa shape index (κ3) is 5.10. The van der Waals surface area contributed by atoms with Gasteiger partial charge in [0.05, 0.1) is 18.6 Å². The van der Waals surface area contributed by atoms with Crippen LogP contribution in [0.15, 0.2) is 0 Å². The average Bonchev–Trinajstić information content (AvgIpc) is 2.95. The highest BCUT2D eigenvalue weighted by Gasteiger charge is 2.62. The molecule has 0 N–H and O–H groups in total. The highest BCUT2D eigenvalue weighted by molar-refractivity contribution is 5.79. The lowest BCUT2D eigenvalue weighted by Gasteiger charge is -2.33. The van der Waals surface area contributed by atoms with Gasteiger partial charge in [-0.3, -0.25) is 9.80 Å². The number of alkyl halides is 3. The second-order valence-corrected chi connectivity index (χ2v) is 9.84. The van der Waals surface area contributed by atoms with E-state index in [-0.39, 0.29) is 13.0 Å². The van der Waals surface area contributed by atoms with Crippen LogP contribution < -0.4 is 0 Å². The standard InChI is InChI=1S/C19H31F3N2O4/c1-16(2,3)27-14(25)18(7,20)10-23-9-8-12-13(23)19(21,22)11-24(12)15(26)28-17(4,5)6/h12-13H,8-11H2,1-7H3/t12-,13+,18?/m0/s1. The molecule has 6 nitrogen and oxygen atoms in total. The highest BCUT2D eigenvalue weighted by atomic mass is 19.3. The first-order valence-corrected chi connectivity index (χ1v) is 9.47. The first kappa shape index (κ1) is 22.8. The largest absolute Gasteiger partial charge is 0.458 e. The normalized spacial score (nSPS) is 27.3. The Kier molecular flexibility index (Phi) is 5.75. The predicted octanol–water partition coefficient (Wildman–Crippen LogP) is 3.39. The van der Waals surface area contributed by atoms with Crippen molar-refractivity contribution in [2.75, 3.05) is 19.6 Å². The number of hydrogen-bond donors (Lipinski definition) is 0. The lowest BCUT2D eigenvalue weighted by molar-refractivity contribution is -0.170. The molecule has 2 fully saturated rings. The number of rotatable bonds is 3. The zero-order chi connectivity index (χ0) is 21.7. The van der Waals surface area contributed by atoms with E-state index < -0.39 is 60.0 Å². The molecule has 1 unspecified atom stereocenters. The summed E-state index contributed by atoms with van der Waals surface area (Å²) in [6, 6.07) is -2.16. The van der Waals surface area contributed by atoms with Crippen LogP contribution in [0.2, 0.25) is 0 Å². The molecule has 0 aromatic carbocycles. The summed E-state index contributed by atoms with van der Waals surface area (Å²) >= 11 is 0. The number of carbonyl (C=O) groups is 2. The van der Waals surface area contributed by atoms with Crippen LogP contribution >= 0.6 is 0 Å². The second kappa shape index (κ2) is 7.07. The van der Waals surface area contributed by atoms with Gasteiger partial charge in [0.15, 0.2) is 0 Å². The summed E-state index contributed by atoms with van der Waals surface area (Å²) in [5.74, 6) is -4.32. The van der Waals surface area contributed by atoms with Crippen LogP contribution in [0.3, 0.4) is 0 Å². The van der Waals surface area contributed by atoms with Crippen LogP contribution in [0.1, 0.15) is 54.9 Å². The number of esters is 1. The summed E-state index contributed by atoms with van der Waals surface area (Å²) < 4.78 is 54.7. The lowest BCUT2D eigenvalue weighted by atomic mass is 10.0. The Labute approximate surface area is 164 Å². The Morgan fingerprint density at radius 1 is 1.04 bits per heavy atom. The molecule has 2 aliphatic rings.